The predicted molar refractivity (Wildman–Crippen MR) is 294 cm³/mol. The molecular formula is C61H114NO7+. The third kappa shape index (κ3) is 50.3. The molecule has 0 saturated heterocycles. The van der Waals surface area contributed by atoms with E-state index in [-0.39, 0.29) is 36.2 Å². The number of carbonyl (C=O) groups is 3. The first-order valence-electron chi connectivity index (χ1n) is 29.5. The highest BCUT2D eigenvalue weighted by Crippen LogP contribution is 2.18. The van der Waals surface area contributed by atoms with Crippen LogP contribution >= 0.6 is 0 Å². The molecule has 0 heterocycles. The second-order valence-electron chi connectivity index (χ2n) is 21.2. The van der Waals surface area contributed by atoms with Crippen molar-refractivity contribution in [3.63, 3.8) is 0 Å². The lowest BCUT2D eigenvalue weighted by Crippen LogP contribution is -2.50. The van der Waals surface area contributed by atoms with Crippen LogP contribution in [0.2, 0.25) is 0 Å². The van der Waals surface area contributed by atoms with Crippen molar-refractivity contribution in [2.75, 3.05) is 41.0 Å². The molecule has 0 aliphatic rings. The Morgan fingerprint density at radius 1 is 0.449 bits per heavy atom. The van der Waals surface area contributed by atoms with Gasteiger partial charge in [0.05, 0.1) is 34.4 Å². The van der Waals surface area contributed by atoms with E-state index in [1.165, 1.54) is 193 Å². The van der Waals surface area contributed by atoms with Gasteiger partial charge < -0.3 is 23.8 Å². The number of ether oxygens (including phenoxy) is 3. The lowest BCUT2D eigenvalue weighted by molar-refractivity contribution is -0.887. The molecule has 2 unspecified atom stereocenters. The minimum atomic E-state index is -0.871. The maximum absolute atomic E-state index is 12.9. The summed E-state index contributed by atoms with van der Waals surface area (Å²) in [5.74, 6) is -1.45. The smallest absolute Gasteiger partial charge is 0.362 e. The van der Waals surface area contributed by atoms with E-state index in [4.69, 9.17) is 14.2 Å². The third-order valence-corrected chi connectivity index (χ3v) is 13.6. The zero-order chi connectivity index (χ0) is 50.6. The number of rotatable bonds is 54. The zero-order valence-electron chi connectivity index (χ0n) is 46.3. The minimum absolute atomic E-state index is 0.0463. The lowest BCUT2D eigenvalue weighted by atomic mass is 10.0. The monoisotopic (exact) mass is 973 g/mol. The van der Waals surface area contributed by atoms with E-state index in [2.05, 4.69) is 50.3 Å². The molecule has 0 fully saturated rings. The topological polar surface area (TPSA) is 99.1 Å². The van der Waals surface area contributed by atoms with Gasteiger partial charge in [0.2, 0.25) is 0 Å². The number of quaternary nitrogens is 1. The van der Waals surface area contributed by atoms with Gasteiger partial charge >= 0.3 is 17.9 Å². The number of unbranched alkanes of at least 4 members (excludes halogenated alkanes) is 34. The van der Waals surface area contributed by atoms with Crippen molar-refractivity contribution in [3.8, 4) is 0 Å². The van der Waals surface area contributed by atoms with Crippen molar-refractivity contribution in [1.82, 2.24) is 0 Å². The number of carbonyl (C=O) groups excluding carboxylic acids is 2. The van der Waals surface area contributed by atoms with E-state index < -0.39 is 18.1 Å². The fraction of sp³-hybridized carbons (Fsp3) is 0.852. The highest BCUT2D eigenvalue weighted by molar-refractivity contribution is 5.72. The molecule has 0 aromatic rings. The third-order valence-electron chi connectivity index (χ3n) is 13.6. The highest BCUT2D eigenvalue weighted by Gasteiger charge is 2.31. The van der Waals surface area contributed by atoms with Gasteiger partial charge in [0, 0.05) is 19.3 Å². The Kier molecular flexibility index (Phi) is 50.0. The molecule has 0 saturated carbocycles. The largest absolute Gasteiger partial charge is 0.477 e. The van der Waals surface area contributed by atoms with Crippen LogP contribution in [0.1, 0.15) is 284 Å². The molecule has 404 valence electrons. The first-order valence-corrected chi connectivity index (χ1v) is 29.5. The van der Waals surface area contributed by atoms with Crippen LogP contribution in [0.25, 0.3) is 0 Å². The Hall–Kier alpha value is -2.45. The van der Waals surface area contributed by atoms with Gasteiger partial charge in [-0.2, -0.15) is 0 Å². The predicted octanol–water partition coefficient (Wildman–Crippen LogP) is 17.7. The average Bonchev–Trinajstić information content (AvgIpc) is 3.31. The van der Waals surface area contributed by atoms with Gasteiger partial charge in [-0.3, -0.25) is 9.59 Å². The second-order valence-corrected chi connectivity index (χ2v) is 21.2. The van der Waals surface area contributed by atoms with Gasteiger partial charge in [-0.15, -0.1) is 0 Å². The van der Waals surface area contributed by atoms with E-state index in [0.29, 0.717) is 19.3 Å². The van der Waals surface area contributed by atoms with E-state index >= 15 is 0 Å². The summed E-state index contributed by atoms with van der Waals surface area (Å²) in [7, 11) is 5.55. The van der Waals surface area contributed by atoms with Crippen molar-refractivity contribution in [2.45, 2.75) is 296 Å². The maximum atomic E-state index is 12.9. The Morgan fingerprint density at radius 3 is 1.20 bits per heavy atom. The quantitative estimate of drug-likeness (QED) is 0.0280. The standard InChI is InChI=1S/C61H113NO7/c1-6-8-10-12-14-16-18-20-22-24-26-28-30-32-34-36-38-40-42-44-46-48-50-52-60(64)69-57(55-67-54-53-58(61(65)66)62(3,4)5)56-68-59(63)51-49-47-45-43-41-39-37-35-33-31-29-27-25-23-21-19-17-15-13-11-9-7-2/h8,10,14,16,20,22,57-58H,6-7,9,11-13,15,17-19,21,23-56H2,1-5H3/p+1/b10-8+,16-14+,22-20+. The van der Waals surface area contributed by atoms with Crippen molar-refractivity contribution in [1.29, 1.82) is 0 Å². The molecule has 0 aromatic carbocycles. The van der Waals surface area contributed by atoms with Gasteiger partial charge in [0.15, 0.2) is 12.1 Å². The van der Waals surface area contributed by atoms with E-state index in [0.717, 1.165) is 57.8 Å². The molecule has 1 N–H and O–H groups in total. The summed E-state index contributed by atoms with van der Waals surface area (Å²) in [6.45, 7) is 4.69. The van der Waals surface area contributed by atoms with Gasteiger partial charge in [0.1, 0.15) is 6.61 Å². The van der Waals surface area contributed by atoms with Crippen molar-refractivity contribution >= 4 is 17.9 Å². The van der Waals surface area contributed by atoms with Crippen molar-refractivity contribution in [3.05, 3.63) is 36.5 Å². The molecule has 0 spiro atoms. The SMILES string of the molecule is CC/C=C/C/C=C/C/C=C/CCCCCCCCCCCCCCCC(=O)OC(COCCC(C(=O)O)[N+](C)(C)C)COC(=O)CCCCCCCCCCCCCCCCCCCCCCCC. The maximum Gasteiger partial charge on any atom is 0.362 e. The van der Waals surface area contributed by atoms with E-state index in [9.17, 15) is 19.5 Å². The van der Waals surface area contributed by atoms with Crippen LogP contribution in [-0.2, 0) is 28.6 Å². The van der Waals surface area contributed by atoms with Gasteiger partial charge in [-0.05, 0) is 44.9 Å². The molecule has 0 rings (SSSR count). The Morgan fingerprint density at radius 2 is 0.812 bits per heavy atom. The number of aliphatic carboxylic acids is 1. The molecule has 0 amide bonds. The Balaban J connectivity index is 4.11. The minimum Gasteiger partial charge on any atom is -0.477 e. The van der Waals surface area contributed by atoms with Crippen LogP contribution in [-0.4, -0.2) is 80.6 Å². The second kappa shape index (κ2) is 51.9. The van der Waals surface area contributed by atoms with Crippen LogP contribution in [0, 0.1) is 0 Å². The summed E-state index contributed by atoms with van der Waals surface area (Å²) in [6, 6.07) is -0.614. The van der Waals surface area contributed by atoms with Gasteiger partial charge in [0.25, 0.3) is 0 Å². The Labute approximate surface area is 427 Å². The molecule has 8 heteroatoms. The number of carboxylic acids is 1. The van der Waals surface area contributed by atoms with Crippen LogP contribution in [0.15, 0.2) is 36.5 Å². The first kappa shape index (κ1) is 66.6. The van der Waals surface area contributed by atoms with Crippen LogP contribution in [0.3, 0.4) is 0 Å². The summed E-state index contributed by atoms with van der Waals surface area (Å²) >= 11 is 0. The Bertz CT molecular complexity index is 1220. The van der Waals surface area contributed by atoms with E-state index in [1.54, 1.807) is 0 Å². The number of likely N-dealkylation sites (N-methyl/N-ethyl adjacent to an activating group) is 1. The average molecular weight is 974 g/mol. The number of allylic oxidation sites excluding steroid dienone is 6. The molecule has 8 nitrogen and oxygen atoms in total. The summed E-state index contributed by atoms with van der Waals surface area (Å²) in [5.41, 5.74) is 0. The molecule has 0 aliphatic carbocycles. The van der Waals surface area contributed by atoms with Crippen LogP contribution < -0.4 is 0 Å². The zero-order valence-corrected chi connectivity index (χ0v) is 46.3. The fourth-order valence-electron chi connectivity index (χ4n) is 9.05. The first-order chi connectivity index (χ1) is 33.6. The van der Waals surface area contributed by atoms with Gasteiger partial charge in [-0.25, -0.2) is 4.79 Å². The number of hydrogen-bond donors (Lipinski definition) is 1. The van der Waals surface area contributed by atoms with E-state index in [1.807, 2.05) is 21.1 Å². The molecule has 0 radical (unpaired) electrons. The summed E-state index contributed by atoms with van der Waals surface area (Å²) < 4.78 is 17.4. The normalized spacial score (nSPS) is 13.0. The number of hydrogen-bond acceptors (Lipinski definition) is 6. The molecule has 69 heavy (non-hydrogen) atoms. The fourth-order valence-corrected chi connectivity index (χ4v) is 9.05. The van der Waals surface area contributed by atoms with Crippen LogP contribution in [0.5, 0.6) is 0 Å². The molecule has 0 aromatic heterocycles. The van der Waals surface area contributed by atoms with Gasteiger partial charge in [-0.1, -0.05) is 256 Å². The lowest BCUT2D eigenvalue weighted by Gasteiger charge is -2.31. The molecule has 2 atom stereocenters. The summed E-state index contributed by atoms with van der Waals surface area (Å²) in [5, 5.41) is 9.68. The summed E-state index contributed by atoms with van der Waals surface area (Å²) in [4.78, 5) is 37.3. The molecule has 0 aliphatic heterocycles. The molecule has 0 bridgehead atoms. The van der Waals surface area contributed by atoms with Crippen molar-refractivity contribution in [2.24, 2.45) is 0 Å². The number of nitrogens with zero attached hydrogens (tertiary/aromatic N) is 1. The number of esters is 2. The molecular weight excluding hydrogens is 859 g/mol. The highest BCUT2D eigenvalue weighted by atomic mass is 16.6. The summed E-state index contributed by atoms with van der Waals surface area (Å²) in [6.07, 6.45) is 63.5. The van der Waals surface area contributed by atoms with Crippen molar-refractivity contribution < 1.29 is 38.2 Å². The number of carboxylic acid groups (broad SMARTS) is 1. The van der Waals surface area contributed by atoms with Crippen LogP contribution in [0.4, 0.5) is 0 Å².